The van der Waals surface area contributed by atoms with E-state index >= 15 is 0 Å². The third kappa shape index (κ3) is 3.14. The van der Waals surface area contributed by atoms with Gasteiger partial charge in [0, 0.05) is 23.6 Å². The van der Waals surface area contributed by atoms with Gasteiger partial charge in [0.15, 0.2) is 0 Å². The molecule has 76 valence electrons. The number of hydrogen-bond acceptors (Lipinski definition) is 3. The minimum Gasteiger partial charge on any atom is -0.478 e. The molecule has 0 atom stereocenters. The van der Waals surface area contributed by atoms with E-state index < -0.39 is 5.97 Å². The predicted molar refractivity (Wildman–Crippen MR) is 56.8 cm³/mol. The van der Waals surface area contributed by atoms with Gasteiger partial charge in [0.05, 0.1) is 10.9 Å². The third-order valence-electron chi connectivity index (χ3n) is 1.49. The molecule has 0 aliphatic carbocycles. The first-order chi connectivity index (χ1) is 6.63. The summed E-state index contributed by atoms with van der Waals surface area (Å²) in [6.07, 6.45) is 1.13. The normalized spacial score (nSPS) is 11.7. The average Bonchev–Trinajstić information content (AvgIpc) is 2.50. The number of carboxylic acids is 1. The zero-order valence-corrected chi connectivity index (χ0v) is 9.06. The van der Waals surface area contributed by atoms with Crippen molar-refractivity contribution in [3.05, 3.63) is 27.4 Å². The summed E-state index contributed by atoms with van der Waals surface area (Å²) in [5.41, 5.74) is 0.622. The molecule has 1 N–H and O–H groups in total. The zero-order chi connectivity index (χ0) is 10.6. The molecule has 0 spiro atoms. The summed E-state index contributed by atoms with van der Waals surface area (Å²) in [4.78, 5) is 11.3. The van der Waals surface area contributed by atoms with Gasteiger partial charge in [-0.2, -0.15) is 0 Å². The molecule has 1 heterocycles. The van der Waals surface area contributed by atoms with Crippen LogP contribution >= 0.6 is 22.9 Å². The SMILES string of the molecule is COC/C(=C\C(=O)O)c1ccc(Cl)s1. The second-order valence-corrected chi connectivity index (χ2v) is 4.26. The molecule has 0 bridgehead atoms. The number of carboxylic acid groups (broad SMARTS) is 1. The van der Waals surface area contributed by atoms with Crippen LogP contribution < -0.4 is 0 Å². The van der Waals surface area contributed by atoms with Gasteiger partial charge >= 0.3 is 5.97 Å². The van der Waals surface area contributed by atoms with Crippen LogP contribution in [0.15, 0.2) is 18.2 Å². The number of thiophene rings is 1. The lowest BCUT2D eigenvalue weighted by molar-refractivity contribution is -0.131. The van der Waals surface area contributed by atoms with Gasteiger partial charge in [-0.15, -0.1) is 11.3 Å². The van der Waals surface area contributed by atoms with E-state index in [0.29, 0.717) is 9.91 Å². The standard InChI is InChI=1S/C9H9ClO3S/c1-13-5-6(4-9(11)12)7-2-3-8(10)14-7/h2-4H,5H2,1H3,(H,11,12)/b6-4+. The van der Waals surface area contributed by atoms with Gasteiger partial charge < -0.3 is 9.84 Å². The fraction of sp³-hybridized carbons (Fsp3) is 0.222. The van der Waals surface area contributed by atoms with Crippen molar-refractivity contribution in [2.75, 3.05) is 13.7 Å². The summed E-state index contributed by atoms with van der Waals surface area (Å²) in [5.74, 6) is -0.985. The Labute approximate surface area is 90.6 Å². The van der Waals surface area contributed by atoms with Gasteiger partial charge in [0.25, 0.3) is 0 Å². The van der Waals surface area contributed by atoms with Crippen molar-refractivity contribution >= 4 is 34.5 Å². The fourth-order valence-corrected chi connectivity index (χ4v) is 2.02. The van der Waals surface area contributed by atoms with Crippen molar-refractivity contribution in [2.24, 2.45) is 0 Å². The highest BCUT2D eigenvalue weighted by molar-refractivity contribution is 7.17. The zero-order valence-electron chi connectivity index (χ0n) is 7.49. The lowest BCUT2D eigenvalue weighted by Crippen LogP contribution is -1.96. The first kappa shape index (κ1) is 11.2. The molecule has 0 fully saturated rings. The molecule has 0 amide bonds. The number of halogens is 1. The van der Waals surface area contributed by atoms with Crippen LogP contribution in [-0.2, 0) is 9.53 Å². The number of methoxy groups -OCH3 is 1. The van der Waals surface area contributed by atoms with Crippen molar-refractivity contribution in [1.82, 2.24) is 0 Å². The molecule has 1 rings (SSSR count). The number of rotatable bonds is 4. The molecular formula is C9H9ClO3S. The van der Waals surface area contributed by atoms with Crippen LogP contribution in [-0.4, -0.2) is 24.8 Å². The number of ether oxygens (including phenoxy) is 1. The Kier molecular flexibility index (Phi) is 4.13. The quantitative estimate of drug-likeness (QED) is 0.812. The molecular weight excluding hydrogens is 224 g/mol. The molecule has 0 aliphatic rings. The Morgan fingerprint density at radius 3 is 2.86 bits per heavy atom. The van der Waals surface area contributed by atoms with Gasteiger partial charge in [-0.05, 0) is 12.1 Å². The van der Waals surface area contributed by atoms with Crippen LogP contribution in [0.5, 0.6) is 0 Å². The summed E-state index contributed by atoms with van der Waals surface area (Å²) in [7, 11) is 1.52. The van der Waals surface area contributed by atoms with E-state index in [1.54, 1.807) is 12.1 Å². The highest BCUT2D eigenvalue weighted by atomic mass is 35.5. The minimum absolute atomic E-state index is 0.267. The van der Waals surface area contributed by atoms with E-state index in [1.807, 2.05) is 0 Å². The largest absolute Gasteiger partial charge is 0.478 e. The highest BCUT2D eigenvalue weighted by Gasteiger charge is 2.06. The van der Waals surface area contributed by atoms with E-state index in [-0.39, 0.29) is 6.61 Å². The Balaban J connectivity index is 2.93. The minimum atomic E-state index is -0.985. The van der Waals surface area contributed by atoms with Gasteiger partial charge in [-0.25, -0.2) is 4.79 Å². The molecule has 14 heavy (non-hydrogen) atoms. The van der Waals surface area contributed by atoms with Crippen molar-refractivity contribution < 1.29 is 14.6 Å². The maximum absolute atomic E-state index is 10.5. The summed E-state index contributed by atoms with van der Waals surface area (Å²) < 4.78 is 5.53. The van der Waals surface area contributed by atoms with Crippen molar-refractivity contribution in [2.45, 2.75) is 0 Å². The van der Waals surface area contributed by atoms with Gasteiger partial charge in [-0.3, -0.25) is 0 Å². The van der Waals surface area contributed by atoms with Crippen LogP contribution in [0.4, 0.5) is 0 Å². The summed E-state index contributed by atoms with van der Waals surface area (Å²) in [6.45, 7) is 0.267. The Bertz CT molecular complexity index is 357. The van der Waals surface area contributed by atoms with Gasteiger partial charge in [0.2, 0.25) is 0 Å². The topological polar surface area (TPSA) is 46.5 Å². The molecule has 3 nitrogen and oxygen atoms in total. The Hall–Kier alpha value is -0.840. The second-order valence-electron chi connectivity index (χ2n) is 2.54. The molecule has 0 unspecified atom stereocenters. The third-order valence-corrected chi connectivity index (χ3v) is 2.79. The lowest BCUT2D eigenvalue weighted by atomic mass is 10.2. The molecule has 0 saturated heterocycles. The van der Waals surface area contributed by atoms with Crippen molar-refractivity contribution in [3.63, 3.8) is 0 Å². The van der Waals surface area contributed by atoms with E-state index in [9.17, 15) is 4.79 Å². The smallest absolute Gasteiger partial charge is 0.328 e. The van der Waals surface area contributed by atoms with Crippen molar-refractivity contribution in [3.8, 4) is 0 Å². The van der Waals surface area contributed by atoms with Gasteiger partial charge in [-0.1, -0.05) is 11.6 Å². The van der Waals surface area contributed by atoms with Crippen LogP contribution in [0.2, 0.25) is 4.34 Å². The summed E-state index contributed by atoms with van der Waals surface area (Å²) in [6, 6.07) is 3.51. The fourth-order valence-electron chi connectivity index (χ4n) is 0.975. The maximum atomic E-state index is 10.5. The number of hydrogen-bond donors (Lipinski definition) is 1. The molecule has 0 aromatic carbocycles. The molecule has 1 aromatic rings. The van der Waals surface area contributed by atoms with E-state index in [0.717, 1.165) is 11.0 Å². The molecule has 0 radical (unpaired) electrons. The summed E-state index contributed by atoms with van der Waals surface area (Å²) >= 11 is 7.08. The number of aliphatic carboxylic acids is 1. The van der Waals surface area contributed by atoms with E-state index in [4.69, 9.17) is 21.4 Å². The molecule has 1 aromatic heterocycles. The average molecular weight is 233 g/mol. The van der Waals surface area contributed by atoms with Crippen LogP contribution in [0.25, 0.3) is 5.57 Å². The second kappa shape index (κ2) is 5.14. The van der Waals surface area contributed by atoms with Crippen LogP contribution in [0.1, 0.15) is 4.88 Å². The Morgan fingerprint density at radius 2 is 2.43 bits per heavy atom. The van der Waals surface area contributed by atoms with Gasteiger partial charge in [0.1, 0.15) is 0 Å². The Morgan fingerprint density at radius 1 is 1.71 bits per heavy atom. The van der Waals surface area contributed by atoms with Crippen LogP contribution in [0, 0.1) is 0 Å². The molecule has 5 heteroatoms. The monoisotopic (exact) mass is 232 g/mol. The van der Waals surface area contributed by atoms with Crippen LogP contribution in [0.3, 0.4) is 0 Å². The predicted octanol–water partition coefficient (Wildman–Crippen LogP) is 2.52. The van der Waals surface area contributed by atoms with Crippen molar-refractivity contribution in [1.29, 1.82) is 0 Å². The van der Waals surface area contributed by atoms with E-state index in [1.165, 1.54) is 18.4 Å². The lowest BCUT2D eigenvalue weighted by Gasteiger charge is -2.01. The summed E-state index contributed by atoms with van der Waals surface area (Å²) in [5, 5.41) is 8.62. The molecule has 0 aliphatic heterocycles. The first-order valence-corrected chi connectivity index (χ1v) is 5.01. The highest BCUT2D eigenvalue weighted by Crippen LogP contribution is 2.27. The molecule has 0 saturated carbocycles. The first-order valence-electron chi connectivity index (χ1n) is 3.81. The maximum Gasteiger partial charge on any atom is 0.328 e. The van der Waals surface area contributed by atoms with E-state index in [2.05, 4.69) is 0 Å². The number of carbonyl (C=O) groups is 1.